The van der Waals surface area contributed by atoms with E-state index in [0.29, 0.717) is 12.1 Å². The van der Waals surface area contributed by atoms with E-state index in [4.69, 9.17) is 0 Å². The number of piperazine rings is 1. The van der Waals surface area contributed by atoms with Gasteiger partial charge in [-0.3, -0.25) is 9.48 Å². The van der Waals surface area contributed by atoms with Crippen LogP contribution in [0.25, 0.3) is 0 Å². The smallest absolute Gasteiger partial charge is 0.257 e. The van der Waals surface area contributed by atoms with E-state index in [-0.39, 0.29) is 11.9 Å². The number of rotatable bonds is 2. The molecule has 23 heavy (non-hydrogen) atoms. The molecule has 1 amide bonds. The second-order valence-electron chi connectivity index (χ2n) is 6.11. The summed E-state index contributed by atoms with van der Waals surface area (Å²) >= 11 is 0. The van der Waals surface area contributed by atoms with Crippen molar-refractivity contribution in [1.82, 2.24) is 24.6 Å². The normalized spacial score (nSPS) is 18.3. The molecule has 3 heterocycles. The van der Waals surface area contributed by atoms with E-state index in [1.807, 2.05) is 31.9 Å². The first kappa shape index (κ1) is 15.5. The molecule has 0 N–H and O–H groups in total. The van der Waals surface area contributed by atoms with Crippen LogP contribution in [0.2, 0.25) is 0 Å². The highest BCUT2D eigenvalue weighted by atomic mass is 16.2. The lowest BCUT2D eigenvalue weighted by Crippen LogP contribution is -2.54. The van der Waals surface area contributed by atoms with Gasteiger partial charge in [0.1, 0.15) is 11.6 Å². The van der Waals surface area contributed by atoms with E-state index in [1.54, 1.807) is 17.1 Å². The van der Waals surface area contributed by atoms with E-state index in [9.17, 15) is 4.79 Å². The molecule has 1 unspecified atom stereocenters. The number of amides is 1. The average Bonchev–Trinajstić information content (AvgIpc) is 2.92. The molecule has 7 nitrogen and oxygen atoms in total. The Kier molecular flexibility index (Phi) is 4.02. The molecule has 0 spiro atoms. The third kappa shape index (κ3) is 3.18. The van der Waals surface area contributed by atoms with Gasteiger partial charge in [-0.1, -0.05) is 0 Å². The molecule has 122 valence electrons. The van der Waals surface area contributed by atoms with Gasteiger partial charge < -0.3 is 9.80 Å². The van der Waals surface area contributed by atoms with Crippen LogP contribution < -0.4 is 4.90 Å². The number of carbonyl (C=O) groups is 1. The van der Waals surface area contributed by atoms with Crippen molar-refractivity contribution in [3.05, 3.63) is 35.5 Å². The monoisotopic (exact) mass is 314 g/mol. The number of aryl methyl sites for hydroxylation is 3. The molecule has 0 saturated carbocycles. The van der Waals surface area contributed by atoms with Gasteiger partial charge in [-0.05, 0) is 20.8 Å². The molecule has 7 heteroatoms. The topological polar surface area (TPSA) is 67.2 Å². The van der Waals surface area contributed by atoms with Gasteiger partial charge in [0.25, 0.3) is 5.91 Å². The van der Waals surface area contributed by atoms with Crippen LogP contribution in [0.1, 0.15) is 28.8 Å². The fourth-order valence-corrected chi connectivity index (χ4v) is 3.02. The summed E-state index contributed by atoms with van der Waals surface area (Å²) in [5.41, 5.74) is 1.61. The minimum absolute atomic E-state index is 0.0419. The molecule has 0 bridgehead atoms. The summed E-state index contributed by atoms with van der Waals surface area (Å²) in [6.07, 6.45) is 3.39. The molecule has 0 aromatic carbocycles. The highest BCUT2D eigenvalue weighted by molar-refractivity contribution is 5.94. The molecule has 2 aromatic heterocycles. The second kappa shape index (κ2) is 5.98. The number of hydrogen-bond donors (Lipinski definition) is 0. The Bertz CT molecular complexity index is 705. The van der Waals surface area contributed by atoms with Gasteiger partial charge in [-0.2, -0.15) is 5.10 Å². The van der Waals surface area contributed by atoms with E-state index in [2.05, 4.69) is 26.9 Å². The molecule has 0 radical (unpaired) electrons. The Morgan fingerprint density at radius 1 is 1.26 bits per heavy atom. The molecule has 3 rings (SSSR count). The molecule has 0 aliphatic carbocycles. The Morgan fingerprint density at radius 3 is 2.65 bits per heavy atom. The number of anilines is 1. The standard InChI is InChI=1S/C16H22N6O/c1-11-7-15(19-13(3)18-11)21-5-6-22(12(2)9-21)16(23)14-8-17-20(4)10-14/h7-8,10,12H,5-6,9H2,1-4H3. The Morgan fingerprint density at radius 2 is 2.04 bits per heavy atom. The first-order valence-electron chi connectivity index (χ1n) is 7.81. The van der Waals surface area contributed by atoms with Crippen LogP contribution in [0.4, 0.5) is 5.82 Å². The number of nitrogens with zero attached hydrogens (tertiary/aromatic N) is 6. The van der Waals surface area contributed by atoms with Crippen LogP contribution in [-0.4, -0.2) is 56.2 Å². The number of hydrogen-bond acceptors (Lipinski definition) is 5. The van der Waals surface area contributed by atoms with E-state index >= 15 is 0 Å². The third-order valence-corrected chi connectivity index (χ3v) is 4.12. The zero-order valence-corrected chi connectivity index (χ0v) is 14.0. The zero-order valence-electron chi connectivity index (χ0n) is 14.0. The maximum atomic E-state index is 12.6. The van der Waals surface area contributed by atoms with Crippen LogP contribution in [0, 0.1) is 13.8 Å². The summed E-state index contributed by atoms with van der Waals surface area (Å²) in [4.78, 5) is 25.6. The minimum Gasteiger partial charge on any atom is -0.353 e. The van der Waals surface area contributed by atoms with E-state index in [1.165, 1.54) is 0 Å². The van der Waals surface area contributed by atoms with Crippen molar-refractivity contribution in [2.24, 2.45) is 7.05 Å². The third-order valence-electron chi connectivity index (χ3n) is 4.12. The Balaban J connectivity index is 1.73. The molecule has 1 saturated heterocycles. The molecule has 1 aliphatic heterocycles. The van der Waals surface area contributed by atoms with Gasteiger partial charge in [-0.25, -0.2) is 9.97 Å². The first-order chi connectivity index (χ1) is 10.9. The van der Waals surface area contributed by atoms with Gasteiger partial charge in [-0.15, -0.1) is 0 Å². The molecule has 1 atom stereocenters. The highest BCUT2D eigenvalue weighted by Crippen LogP contribution is 2.19. The molecule has 1 fully saturated rings. The van der Waals surface area contributed by atoms with Crippen molar-refractivity contribution in [1.29, 1.82) is 0 Å². The average molecular weight is 314 g/mol. The van der Waals surface area contributed by atoms with Crippen molar-refractivity contribution in [3.63, 3.8) is 0 Å². The summed E-state index contributed by atoms with van der Waals surface area (Å²) in [6.45, 7) is 8.17. The van der Waals surface area contributed by atoms with Crippen molar-refractivity contribution in [2.75, 3.05) is 24.5 Å². The maximum Gasteiger partial charge on any atom is 0.257 e. The fourth-order valence-electron chi connectivity index (χ4n) is 3.02. The second-order valence-corrected chi connectivity index (χ2v) is 6.11. The molecule has 1 aliphatic rings. The van der Waals surface area contributed by atoms with Gasteiger partial charge >= 0.3 is 0 Å². The van der Waals surface area contributed by atoms with Gasteiger partial charge in [0.2, 0.25) is 0 Å². The van der Waals surface area contributed by atoms with E-state index in [0.717, 1.165) is 30.4 Å². The quantitative estimate of drug-likeness (QED) is 0.832. The summed E-state index contributed by atoms with van der Waals surface area (Å²) in [7, 11) is 1.82. The first-order valence-corrected chi connectivity index (χ1v) is 7.81. The lowest BCUT2D eigenvalue weighted by molar-refractivity contribution is 0.0673. The Labute approximate surface area is 135 Å². The molecular weight excluding hydrogens is 292 g/mol. The largest absolute Gasteiger partial charge is 0.353 e. The SMILES string of the molecule is Cc1cc(N2CCN(C(=O)c3cnn(C)c3)C(C)C2)nc(C)n1. The van der Waals surface area contributed by atoms with Crippen LogP contribution in [-0.2, 0) is 7.05 Å². The van der Waals surface area contributed by atoms with Gasteiger partial charge in [0.15, 0.2) is 0 Å². The van der Waals surface area contributed by atoms with Crippen molar-refractivity contribution in [3.8, 4) is 0 Å². The van der Waals surface area contributed by atoms with Crippen molar-refractivity contribution < 1.29 is 4.79 Å². The number of aromatic nitrogens is 4. The van der Waals surface area contributed by atoms with Crippen LogP contribution in [0.3, 0.4) is 0 Å². The van der Waals surface area contributed by atoms with Crippen molar-refractivity contribution in [2.45, 2.75) is 26.8 Å². The lowest BCUT2D eigenvalue weighted by Gasteiger charge is -2.40. The zero-order chi connectivity index (χ0) is 16.6. The minimum atomic E-state index is 0.0419. The maximum absolute atomic E-state index is 12.6. The number of carbonyl (C=O) groups excluding carboxylic acids is 1. The van der Waals surface area contributed by atoms with E-state index < -0.39 is 0 Å². The summed E-state index contributed by atoms with van der Waals surface area (Å²) in [5.74, 6) is 1.76. The fraction of sp³-hybridized carbons (Fsp3) is 0.500. The van der Waals surface area contributed by atoms with Crippen molar-refractivity contribution >= 4 is 11.7 Å². The van der Waals surface area contributed by atoms with Gasteiger partial charge in [0, 0.05) is 50.7 Å². The highest BCUT2D eigenvalue weighted by Gasteiger charge is 2.29. The summed E-state index contributed by atoms with van der Waals surface area (Å²) < 4.78 is 1.65. The Hall–Kier alpha value is -2.44. The summed E-state index contributed by atoms with van der Waals surface area (Å²) in [6, 6.07) is 2.12. The summed E-state index contributed by atoms with van der Waals surface area (Å²) in [5, 5.41) is 4.08. The van der Waals surface area contributed by atoms with Crippen LogP contribution in [0.15, 0.2) is 18.5 Å². The van der Waals surface area contributed by atoms with Gasteiger partial charge in [0.05, 0.1) is 11.8 Å². The predicted molar refractivity (Wildman–Crippen MR) is 87.4 cm³/mol. The van der Waals surface area contributed by atoms with Crippen LogP contribution >= 0.6 is 0 Å². The predicted octanol–water partition coefficient (Wildman–Crippen LogP) is 1.18. The molecule has 2 aromatic rings. The molecular formula is C16H22N6O. The van der Waals surface area contributed by atoms with Crippen LogP contribution in [0.5, 0.6) is 0 Å². The lowest BCUT2D eigenvalue weighted by atomic mass is 10.1.